The number of rotatable bonds is 22. The minimum atomic E-state index is -2.04. The number of pyridine rings is 2. The molecular formula is C52H56FN9O12S. The van der Waals surface area contributed by atoms with E-state index in [0.717, 1.165) is 22.2 Å². The van der Waals surface area contributed by atoms with Crippen LogP contribution in [0, 0.1) is 12.7 Å². The van der Waals surface area contributed by atoms with Crippen molar-refractivity contribution < 1.29 is 57.4 Å². The number of aryl methyl sites for hydroxylation is 1. The van der Waals surface area contributed by atoms with Crippen LogP contribution in [0.5, 0.6) is 0 Å². The number of nitrogens with one attached hydrogen (secondary N) is 6. The molecule has 4 aromatic rings. The topological polar surface area (TPSA) is 293 Å². The number of hydrogen-bond acceptors (Lipinski definition) is 14. The van der Waals surface area contributed by atoms with Gasteiger partial charge in [0.2, 0.25) is 35.4 Å². The fraction of sp³-hybridized carbons (Fsp3) is 0.404. The summed E-state index contributed by atoms with van der Waals surface area (Å²) in [5.74, 6) is -5.49. The molecule has 1 aliphatic carbocycles. The van der Waals surface area contributed by atoms with Crippen molar-refractivity contribution in [2.75, 3.05) is 37.8 Å². The fourth-order valence-corrected chi connectivity index (χ4v) is 10.4. The van der Waals surface area contributed by atoms with Crippen molar-refractivity contribution in [1.29, 1.82) is 0 Å². The van der Waals surface area contributed by atoms with Gasteiger partial charge in [0.25, 0.3) is 17.4 Å². The lowest BCUT2D eigenvalue weighted by Crippen LogP contribution is -2.52. The van der Waals surface area contributed by atoms with E-state index in [1.165, 1.54) is 22.8 Å². The van der Waals surface area contributed by atoms with Gasteiger partial charge in [0.05, 0.1) is 66.3 Å². The quantitative estimate of drug-likeness (QED) is 0.0220. The largest absolute Gasteiger partial charge is 0.458 e. The molecule has 0 spiro atoms. The normalized spacial score (nSPS) is 17.4. The lowest BCUT2D eigenvalue weighted by atomic mass is 9.81. The van der Waals surface area contributed by atoms with Gasteiger partial charge in [-0.15, -0.1) is 11.8 Å². The number of benzene rings is 2. The average Bonchev–Trinajstić information content (AvgIpc) is 3.98. The van der Waals surface area contributed by atoms with Crippen LogP contribution in [-0.2, 0) is 79.5 Å². The van der Waals surface area contributed by atoms with E-state index in [-0.39, 0.29) is 79.4 Å². The molecular weight excluding hydrogens is 994 g/mol. The summed E-state index contributed by atoms with van der Waals surface area (Å²) in [6.07, 6.45) is 4.95. The van der Waals surface area contributed by atoms with Gasteiger partial charge >= 0.3 is 5.97 Å². The zero-order chi connectivity index (χ0) is 53.6. The van der Waals surface area contributed by atoms with Gasteiger partial charge in [0, 0.05) is 54.1 Å². The Morgan fingerprint density at radius 3 is 2.32 bits per heavy atom. The third-order valence-electron chi connectivity index (χ3n) is 13.8. The Balaban J connectivity index is 0.805. The van der Waals surface area contributed by atoms with E-state index in [0.29, 0.717) is 76.6 Å². The van der Waals surface area contributed by atoms with Crippen molar-refractivity contribution in [2.45, 2.75) is 96.1 Å². The summed E-state index contributed by atoms with van der Waals surface area (Å²) >= 11 is 1.10. The summed E-state index contributed by atoms with van der Waals surface area (Å²) in [6.45, 7) is 1.95. The number of unbranched alkanes of at least 4 members (excludes halogenated alkanes) is 2. The smallest absolute Gasteiger partial charge is 0.343 e. The molecule has 0 unspecified atom stereocenters. The molecule has 3 aliphatic heterocycles. The van der Waals surface area contributed by atoms with Crippen molar-refractivity contribution in [3.05, 3.63) is 110 Å². The molecule has 75 heavy (non-hydrogen) atoms. The number of cyclic esters (lactones) is 1. The molecule has 8 rings (SSSR count). The SMILES string of the molecule is CC[C@@]1(O)C(=O)OCc2c1cc1n(c2=O)Cc2c-1nc1cc(F)c(C)c3c1c2[C@@H](NC(=O)CSCNC(=O)CNC(=O)[C@H](Cc1ccccc1)NC(=O)CNC(=O)CNC(=O)CCCCCN1C(=O)C=CC1=O)CC3. The molecule has 21 nitrogen and oxygen atoms in total. The maximum atomic E-state index is 15.4. The van der Waals surface area contributed by atoms with Gasteiger partial charge in [-0.25, -0.2) is 14.2 Å². The highest BCUT2D eigenvalue weighted by molar-refractivity contribution is 7.99. The second kappa shape index (κ2) is 23.2. The molecule has 7 N–H and O–H groups in total. The van der Waals surface area contributed by atoms with Gasteiger partial charge in [-0.1, -0.05) is 43.7 Å². The molecule has 2 aromatic carbocycles. The van der Waals surface area contributed by atoms with E-state index >= 15 is 4.39 Å². The first-order valence-electron chi connectivity index (χ1n) is 24.6. The summed E-state index contributed by atoms with van der Waals surface area (Å²) in [6, 6.07) is 10.0. The van der Waals surface area contributed by atoms with Gasteiger partial charge in [-0.05, 0) is 67.3 Å². The monoisotopic (exact) mass is 1050 g/mol. The number of nitrogens with zero attached hydrogens (tertiary/aromatic N) is 3. The van der Waals surface area contributed by atoms with Gasteiger partial charge in [0.15, 0.2) is 5.60 Å². The Morgan fingerprint density at radius 1 is 0.867 bits per heavy atom. The number of halogens is 1. The summed E-state index contributed by atoms with van der Waals surface area (Å²) in [4.78, 5) is 133. The Labute approximate surface area is 433 Å². The molecule has 0 bridgehead atoms. The number of esters is 1. The molecule has 5 heterocycles. The third-order valence-corrected chi connectivity index (χ3v) is 14.6. The number of hydrogen-bond donors (Lipinski definition) is 7. The van der Waals surface area contributed by atoms with Crippen LogP contribution in [0.2, 0.25) is 0 Å². The molecule has 0 fully saturated rings. The van der Waals surface area contributed by atoms with Crippen LogP contribution in [0.1, 0.15) is 90.4 Å². The second-order valence-corrected chi connectivity index (χ2v) is 19.6. The highest BCUT2D eigenvalue weighted by atomic mass is 32.2. The second-order valence-electron chi connectivity index (χ2n) is 18.6. The van der Waals surface area contributed by atoms with Crippen molar-refractivity contribution in [3.8, 4) is 11.4 Å². The standard InChI is InChI=1S/C52H56FN9O12S/c1-3-52(73)33-19-38-48-31(24-62(38)50(71)32(33)25-74-51(52)72)47-35(14-13-30-28(2)34(53)20-36(60-48)46(30)47)58-43(67)26-75-27-57-41(65)22-56-49(70)37(18-29-10-6-4-7-11-29)59-42(66)23-55-40(64)21-54-39(63)12-8-5-9-17-61-44(68)15-16-45(61)69/h4,6-7,10-11,15-16,19-20,35,37,73H,3,5,8-9,12-14,17-18,21-27H2,1-2H3,(H,54,63)(H,55,64)(H,56,70)(H,57,65)(H,58,67)(H,59,66)/t35-,37-,52-/m0/s1. The Kier molecular flexibility index (Phi) is 16.5. The number of fused-ring (bicyclic) bond motifs is 5. The molecule has 0 saturated heterocycles. The Bertz CT molecular complexity index is 3090. The van der Waals surface area contributed by atoms with Crippen LogP contribution in [-0.4, -0.2) is 117 Å². The number of amides is 8. The van der Waals surface area contributed by atoms with E-state index in [4.69, 9.17) is 9.72 Å². The first kappa shape index (κ1) is 53.5. The molecule has 4 aliphatic rings. The van der Waals surface area contributed by atoms with Crippen LogP contribution in [0.3, 0.4) is 0 Å². The fourth-order valence-electron chi connectivity index (χ4n) is 9.76. The summed E-state index contributed by atoms with van der Waals surface area (Å²) < 4.78 is 22.1. The molecule has 23 heteroatoms. The molecule has 2 aromatic heterocycles. The lowest BCUT2D eigenvalue weighted by Gasteiger charge is -2.31. The summed E-state index contributed by atoms with van der Waals surface area (Å²) in [5.41, 5.74) is 2.11. The van der Waals surface area contributed by atoms with E-state index in [1.807, 2.05) is 0 Å². The van der Waals surface area contributed by atoms with E-state index in [9.17, 15) is 53.1 Å². The van der Waals surface area contributed by atoms with Crippen LogP contribution in [0.25, 0.3) is 22.3 Å². The molecule has 0 saturated carbocycles. The number of aliphatic hydroxyl groups is 1. The highest BCUT2D eigenvalue weighted by Crippen LogP contribution is 2.46. The van der Waals surface area contributed by atoms with E-state index in [2.05, 4.69) is 31.9 Å². The predicted molar refractivity (Wildman–Crippen MR) is 269 cm³/mol. The number of imide groups is 1. The van der Waals surface area contributed by atoms with Crippen LogP contribution in [0.4, 0.5) is 4.39 Å². The Morgan fingerprint density at radius 2 is 1.57 bits per heavy atom. The third kappa shape index (κ3) is 11.8. The first-order chi connectivity index (χ1) is 36.0. The minimum Gasteiger partial charge on any atom is -0.458 e. The van der Waals surface area contributed by atoms with E-state index in [1.54, 1.807) is 50.2 Å². The maximum absolute atomic E-state index is 15.4. The molecule has 394 valence electrons. The van der Waals surface area contributed by atoms with Crippen molar-refractivity contribution in [2.24, 2.45) is 0 Å². The molecule has 8 amide bonds. The zero-order valence-corrected chi connectivity index (χ0v) is 42.0. The minimum absolute atomic E-state index is 0.00412. The average molecular weight is 1050 g/mol. The van der Waals surface area contributed by atoms with Crippen molar-refractivity contribution in [1.82, 2.24) is 46.4 Å². The van der Waals surface area contributed by atoms with Crippen LogP contribution in [0.15, 0.2) is 59.4 Å². The molecule has 3 atom stereocenters. The highest BCUT2D eigenvalue weighted by Gasteiger charge is 2.46. The molecule has 0 radical (unpaired) electrons. The van der Waals surface area contributed by atoms with Crippen LogP contribution < -0.4 is 37.5 Å². The van der Waals surface area contributed by atoms with Gasteiger partial charge in [-0.3, -0.25) is 48.1 Å². The zero-order valence-electron chi connectivity index (χ0n) is 41.2. The number of thioether (sulfide) groups is 1. The van der Waals surface area contributed by atoms with Gasteiger partial charge in [0.1, 0.15) is 18.5 Å². The number of carbonyl (C=O) groups is 9. The van der Waals surface area contributed by atoms with Crippen molar-refractivity contribution in [3.63, 3.8) is 0 Å². The lowest BCUT2D eigenvalue weighted by molar-refractivity contribution is -0.172. The number of aromatic nitrogens is 2. The Hall–Kier alpha value is -7.79. The maximum Gasteiger partial charge on any atom is 0.343 e. The number of ether oxygens (including phenoxy) is 1. The summed E-state index contributed by atoms with van der Waals surface area (Å²) in [5, 5.41) is 27.8. The predicted octanol–water partition coefficient (Wildman–Crippen LogP) is 0.999. The number of carbonyl (C=O) groups excluding carboxylic acids is 9. The van der Waals surface area contributed by atoms with E-state index < -0.39 is 84.2 Å². The summed E-state index contributed by atoms with van der Waals surface area (Å²) in [7, 11) is 0. The van der Waals surface area contributed by atoms with Crippen molar-refractivity contribution >= 4 is 75.9 Å². The first-order valence-corrected chi connectivity index (χ1v) is 25.8. The van der Waals surface area contributed by atoms with Gasteiger partial charge < -0.3 is 46.3 Å². The van der Waals surface area contributed by atoms with Crippen LogP contribution >= 0.6 is 11.8 Å². The van der Waals surface area contributed by atoms with Gasteiger partial charge in [-0.2, -0.15) is 0 Å².